The van der Waals surface area contributed by atoms with Crippen molar-refractivity contribution in [3.63, 3.8) is 0 Å². The Bertz CT molecular complexity index is 1660. The highest BCUT2D eigenvalue weighted by atomic mass is 16.8. The van der Waals surface area contributed by atoms with E-state index in [2.05, 4.69) is 0 Å². The first-order chi connectivity index (χ1) is 21.6. The van der Waals surface area contributed by atoms with Gasteiger partial charge in [0.2, 0.25) is 0 Å². The van der Waals surface area contributed by atoms with Crippen molar-refractivity contribution < 1.29 is 19.1 Å². The molecule has 2 fully saturated rings. The molecule has 0 saturated carbocycles. The van der Waals surface area contributed by atoms with Crippen LogP contribution in [0.4, 0.5) is 4.79 Å². The number of rotatable bonds is 9. The van der Waals surface area contributed by atoms with Gasteiger partial charge >= 0.3 is 12.0 Å². The van der Waals surface area contributed by atoms with E-state index in [-0.39, 0.29) is 5.78 Å². The van der Waals surface area contributed by atoms with Gasteiger partial charge in [-0.25, -0.2) is 9.69 Å². The number of ketones is 1. The molecule has 1 amide bonds. The van der Waals surface area contributed by atoms with Crippen molar-refractivity contribution in [1.29, 1.82) is 0 Å². The number of carbonyl (C=O) groups excluding carboxylic acids is 2. The Morgan fingerprint density at radius 2 is 1.02 bits per heavy atom. The number of nitrogens with zero attached hydrogens (tertiary/aromatic N) is 2. The summed E-state index contributed by atoms with van der Waals surface area (Å²) in [6.07, 6.45) is -0.539. The Labute approximate surface area is 257 Å². The molecule has 2 aliphatic rings. The zero-order valence-electron chi connectivity index (χ0n) is 24.3. The van der Waals surface area contributed by atoms with E-state index >= 15 is 0 Å². The van der Waals surface area contributed by atoms with Gasteiger partial charge in [0.05, 0.1) is 12.1 Å². The van der Waals surface area contributed by atoms with Crippen LogP contribution in [0.3, 0.4) is 0 Å². The zero-order valence-corrected chi connectivity index (χ0v) is 24.3. The molecule has 2 saturated heterocycles. The standard InChI is InChI=1S/C38H32N2O4/c1-43-38-36(39(37(42)44-38)32(27-17-7-2-8-18-27)28-19-9-3-10-20-28)34(35(41)31-25-15-6-16-26-31)40(38)33(29-21-11-4-12-22-29)30-23-13-5-14-24-30/h2-26,32-34,36H,1H3. The smallest absolute Gasteiger partial charge is 0.400 e. The highest BCUT2D eigenvalue weighted by Crippen LogP contribution is 2.56. The lowest BCUT2D eigenvalue weighted by Gasteiger charge is -2.60. The fourth-order valence-electron chi connectivity index (χ4n) is 6.83. The number of benzene rings is 5. The minimum atomic E-state index is -1.52. The molecule has 6 nitrogen and oxygen atoms in total. The Morgan fingerprint density at radius 1 is 0.636 bits per heavy atom. The van der Waals surface area contributed by atoms with Gasteiger partial charge in [0, 0.05) is 12.7 Å². The van der Waals surface area contributed by atoms with Crippen LogP contribution in [0, 0.1) is 0 Å². The molecule has 0 radical (unpaired) electrons. The minimum absolute atomic E-state index is 0.108. The maximum Gasteiger partial charge on any atom is 0.414 e. The minimum Gasteiger partial charge on any atom is -0.400 e. The van der Waals surface area contributed by atoms with Crippen LogP contribution in [0.5, 0.6) is 0 Å². The summed E-state index contributed by atoms with van der Waals surface area (Å²) in [6.45, 7) is 0. The van der Waals surface area contributed by atoms with Crippen molar-refractivity contribution in [2.24, 2.45) is 0 Å². The summed E-state index contributed by atoms with van der Waals surface area (Å²) in [5.41, 5.74) is 4.29. The molecule has 0 aromatic heterocycles. The van der Waals surface area contributed by atoms with E-state index in [1.165, 1.54) is 0 Å². The first kappa shape index (κ1) is 27.8. The van der Waals surface area contributed by atoms with Crippen LogP contribution in [-0.4, -0.2) is 46.8 Å². The molecule has 5 aromatic carbocycles. The lowest BCUT2D eigenvalue weighted by molar-refractivity contribution is -0.352. The van der Waals surface area contributed by atoms with Crippen molar-refractivity contribution in [3.05, 3.63) is 179 Å². The summed E-state index contributed by atoms with van der Waals surface area (Å²) in [5.74, 6) is -1.63. The third-order valence-electron chi connectivity index (χ3n) is 8.71. The van der Waals surface area contributed by atoms with E-state index in [1.54, 1.807) is 12.0 Å². The van der Waals surface area contributed by atoms with Crippen molar-refractivity contribution in [2.75, 3.05) is 7.11 Å². The van der Waals surface area contributed by atoms with E-state index in [9.17, 15) is 9.59 Å². The van der Waals surface area contributed by atoms with Crippen molar-refractivity contribution in [2.45, 2.75) is 30.1 Å². The van der Waals surface area contributed by atoms with Crippen LogP contribution in [0.25, 0.3) is 0 Å². The second-order valence-electron chi connectivity index (χ2n) is 11.1. The third-order valence-corrected chi connectivity index (χ3v) is 8.71. The van der Waals surface area contributed by atoms with Crippen molar-refractivity contribution >= 4 is 11.9 Å². The predicted molar refractivity (Wildman–Crippen MR) is 168 cm³/mol. The van der Waals surface area contributed by atoms with E-state index in [0.29, 0.717) is 5.56 Å². The number of hydrogen-bond donors (Lipinski definition) is 0. The maximum absolute atomic E-state index is 14.7. The predicted octanol–water partition coefficient (Wildman–Crippen LogP) is 7.25. The number of Topliss-reactive ketones (excluding diaryl/α,β-unsaturated/α-hetero) is 1. The van der Waals surface area contributed by atoms with Gasteiger partial charge < -0.3 is 9.47 Å². The number of methoxy groups -OCH3 is 1. The molecule has 218 valence electrons. The van der Waals surface area contributed by atoms with Crippen LogP contribution < -0.4 is 0 Å². The molecule has 2 aliphatic heterocycles. The SMILES string of the molecule is COC12OC(=O)N(C(c3ccccc3)c3ccccc3)C1C(C(=O)c1ccccc1)N2C(c1ccccc1)c1ccccc1. The molecule has 0 aliphatic carbocycles. The normalized spacial score (nSPS) is 21.2. The first-order valence-corrected chi connectivity index (χ1v) is 14.8. The summed E-state index contributed by atoms with van der Waals surface area (Å²) in [7, 11) is 1.55. The zero-order chi connectivity index (χ0) is 30.1. The molecule has 5 aromatic rings. The summed E-state index contributed by atoms with van der Waals surface area (Å²) >= 11 is 0. The van der Waals surface area contributed by atoms with Gasteiger partial charge in [0.25, 0.3) is 0 Å². The van der Waals surface area contributed by atoms with Gasteiger partial charge in [-0.2, -0.15) is 0 Å². The Kier molecular flexibility index (Phi) is 7.30. The fraction of sp³-hybridized carbons (Fsp3) is 0.158. The highest BCUT2D eigenvalue weighted by Gasteiger charge is 2.76. The van der Waals surface area contributed by atoms with Gasteiger partial charge in [-0.1, -0.05) is 152 Å². The number of amides is 1. The first-order valence-electron chi connectivity index (χ1n) is 14.8. The quantitative estimate of drug-likeness (QED) is 0.172. The second-order valence-corrected chi connectivity index (χ2v) is 11.1. The monoisotopic (exact) mass is 580 g/mol. The number of ether oxygens (including phenoxy) is 2. The van der Waals surface area contributed by atoms with Crippen molar-refractivity contribution in [1.82, 2.24) is 9.80 Å². The highest BCUT2D eigenvalue weighted by molar-refractivity contribution is 6.02. The van der Waals surface area contributed by atoms with Gasteiger partial charge in [-0.05, 0) is 22.3 Å². The molecule has 0 spiro atoms. The molecular weight excluding hydrogens is 548 g/mol. The van der Waals surface area contributed by atoms with Crippen molar-refractivity contribution in [3.8, 4) is 0 Å². The summed E-state index contributed by atoms with van der Waals surface area (Å²) in [6, 6.07) is 46.5. The van der Waals surface area contributed by atoms with Gasteiger partial charge in [0.15, 0.2) is 5.78 Å². The third kappa shape index (κ3) is 4.51. The molecule has 2 heterocycles. The van der Waals surface area contributed by atoms with Crippen LogP contribution >= 0.6 is 0 Å². The average molecular weight is 581 g/mol. The Balaban J connectivity index is 1.43. The fourth-order valence-corrected chi connectivity index (χ4v) is 6.83. The van der Waals surface area contributed by atoms with Crippen LogP contribution in [0.2, 0.25) is 0 Å². The average Bonchev–Trinajstić information content (AvgIpc) is 3.33. The lowest BCUT2D eigenvalue weighted by Crippen LogP contribution is -2.81. The number of fused-ring (bicyclic) bond motifs is 1. The topological polar surface area (TPSA) is 59.1 Å². The lowest BCUT2D eigenvalue weighted by atomic mass is 9.78. The molecule has 3 unspecified atom stereocenters. The Hall–Kier alpha value is -5.04. The van der Waals surface area contributed by atoms with E-state index in [4.69, 9.17) is 9.47 Å². The molecule has 7 rings (SSSR count). The second kappa shape index (κ2) is 11.6. The molecule has 3 atom stereocenters. The molecular formula is C38H32N2O4. The molecule has 44 heavy (non-hydrogen) atoms. The summed E-state index contributed by atoms with van der Waals surface area (Å²) < 4.78 is 12.6. The van der Waals surface area contributed by atoms with Gasteiger partial charge in [0.1, 0.15) is 12.1 Å². The van der Waals surface area contributed by atoms with Gasteiger partial charge in [-0.3, -0.25) is 9.69 Å². The Morgan fingerprint density at radius 3 is 1.43 bits per heavy atom. The van der Waals surface area contributed by atoms with Crippen LogP contribution in [0.1, 0.15) is 44.7 Å². The van der Waals surface area contributed by atoms with E-state index in [1.807, 2.05) is 157 Å². The summed E-state index contributed by atoms with van der Waals surface area (Å²) in [4.78, 5) is 32.5. The molecule has 0 bridgehead atoms. The van der Waals surface area contributed by atoms with E-state index in [0.717, 1.165) is 22.3 Å². The molecule has 0 N–H and O–H groups in total. The molecule has 6 heteroatoms. The number of hydrogen-bond acceptors (Lipinski definition) is 5. The number of carbonyl (C=O) groups is 2. The van der Waals surface area contributed by atoms with Gasteiger partial charge in [-0.15, -0.1) is 0 Å². The maximum atomic E-state index is 14.7. The largest absolute Gasteiger partial charge is 0.414 e. The number of likely N-dealkylation sites (tertiary alicyclic amines) is 1. The van der Waals surface area contributed by atoms with Crippen LogP contribution in [0.15, 0.2) is 152 Å². The van der Waals surface area contributed by atoms with Crippen LogP contribution in [-0.2, 0) is 9.47 Å². The van der Waals surface area contributed by atoms with E-state index < -0.39 is 36.2 Å². The summed E-state index contributed by atoms with van der Waals surface area (Å²) in [5, 5.41) is 0.